The molecule has 6 heteroatoms. The van der Waals surface area contributed by atoms with Gasteiger partial charge in [0.15, 0.2) is 0 Å². The summed E-state index contributed by atoms with van der Waals surface area (Å²) in [7, 11) is 1.56. The van der Waals surface area contributed by atoms with E-state index in [9.17, 15) is 9.59 Å². The van der Waals surface area contributed by atoms with Crippen LogP contribution in [0, 0.1) is 6.92 Å². The number of piperazine rings is 1. The van der Waals surface area contributed by atoms with Crippen molar-refractivity contribution < 1.29 is 14.3 Å². The second kappa shape index (κ2) is 7.34. The Bertz CT molecular complexity index is 769. The Kier molecular flexibility index (Phi) is 4.97. The highest BCUT2D eigenvalue weighted by Gasteiger charge is 2.26. The molecular weight excluding hydrogens is 318 g/mol. The van der Waals surface area contributed by atoms with Crippen molar-refractivity contribution in [3.63, 3.8) is 0 Å². The fraction of sp³-hybridized carbons (Fsp3) is 0.316. The Morgan fingerprint density at radius 2 is 1.56 bits per heavy atom. The molecule has 0 atom stereocenters. The van der Waals surface area contributed by atoms with Crippen LogP contribution in [0.2, 0.25) is 0 Å². The average Bonchev–Trinajstić information content (AvgIpc) is 2.67. The molecule has 1 aliphatic heterocycles. The first-order valence-electron chi connectivity index (χ1n) is 8.23. The summed E-state index contributed by atoms with van der Waals surface area (Å²) in [4.78, 5) is 32.7. The molecule has 1 aromatic carbocycles. The molecule has 1 aromatic heterocycles. The van der Waals surface area contributed by atoms with Gasteiger partial charge in [-0.2, -0.15) is 0 Å². The number of hydrogen-bond donors (Lipinski definition) is 0. The molecule has 2 amide bonds. The number of carbonyl (C=O) groups is 2. The molecule has 1 aliphatic rings. The van der Waals surface area contributed by atoms with E-state index in [0.717, 1.165) is 5.56 Å². The van der Waals surface area contributed by atoms with Gasteiger partial charge in [0.05, 0.1) is 12.7 Å². The maximum atomic E-state index is 12.8. The van der Waals surface area contributed by atoms with Gasteiger partial charge in [0.1, 0.15) is 5.75 Å². The van der Waals surface area contributed by atoms with E-state index in [-0.39, 0.29) is 11.8 Å². The molecule has 1 saturated heterocycles. The van der Waals surface area contributed by atoms with E-state index in [1.807, 2.05) is 25.1 Å². The average molecular weight is 339 g/mol. The van der Waals surface area contributed by atoms with Gasteiger partial charge in [0, 0.05) is 44.1 Å². The van der Waals surface area contributed by atoms with Gasteiger partial charge in [-0.25, -0.2) is 0 Å². The van der Waals surface area contributed by atoms with E-state index in [0.29, 0.717) is 43.1 Å². The van der Waals surface area contributed by atoms with Gasteiger partial charge in [-0.15, -0.1) is 0 Å². The van der Waals surface area contributed by atoms with Gasteiger partial charge in [-0.05, 0) is 31.2 Å². The van der Waals surface area contributed by atoms with Crippen LogP contribution in [0.5, 0.6) is 5.75 Å². The van der Waals surface area contributed by atoms with Crippen molar-refractivity contribution in [1.82, 2.24) is 14.8 Å². The molecule has 0 unspecified atom stereocenters. The second-order valence-corrected chi connectivity index (χ2v) is 6.02. The Morgan fingerprint density at radius 3 is 2.16 bits per heavy atom. The third-order valence-corrected chi connectivity index (χ3v) is 4.37. The third kappa shape index (κ3) is 3.63. The number of hydrogen-bond acceptors (Lipinski definition) is 4. The zero-order valence-electron chi connectivity index (χ0n) is 14.4. The number of rotatable bonds is 3. The smallest absolute Gasteiger partial charge is 0.257 e. The van der Waals surface area contributed by atoms with Crippen LogP contribution in [-0.2, 0) is 0 Å². The minimum Gasteiger partial charge on any atom is -0.496 e. The van der Waals surface area contributed by atoms with Crippen LogP contribution in [-0.4, -0.2) is 59.9 Å². The highest BCUT2D eigenvalue weighted by Crippen LogP contribution is 2.22. The van der Waals surface area contributed by atoms with Crippen LogP contribution < -0.4 is 4.74 Å². The zero-order valence-corrected chi connectivity index (χ0v) is 14.4. The van der Waals surface area contributed by atoms with E-state index >= 15 is 0 Å². The first-order valence-corrected chi connectivity index (χ1v) is 8.23. The summed E-state index contributed by atoms with van der Waals surface area (Å²) in [5.74, 6) is 0.491. The number of carbonyl (C=O) groups excluding carboxylic acids is 2. The fourth-order valence-corrected chi connectivity index (χ4v) is 2.95. The van der Waals surface area contributed by atoms with E-state index in [1.165, 1.54) is 0 Å². The third-order valence-electron chi connectivity index (χ3n) is 4.37. The predicted molar refractivity (Wildman–Crippen MR) is 93.8 cm³/mol. The topological polar surface area (TPSA) is 62.7 Å². The molecule has 0 saturated carbocycles. The highest BCUT2D eigenvalue weighted by molar-refractivity contribution is 5.98. The molecule has 1 fully saturated rings. The Balaban J connectivity index is 1.67. The number of pyridine rings is 1. The maximum absolute atomic E-state index is 12.8. The number of ether oxygens (including phenoxy) is 1. The molecular formula is C19H21N3O3. The van der Waals surface area contributed by atoms with Gasteiger partial charge in [-0.3, -0.25) is 14.6 Å². The lowest BCUT2D eigenvalue weighted by atomic mass is 10.1. The van der Waals surface area contributed by atoms with Crippen LogP contribution in [0.25, 0.3) is 0 Å². The normalized spacial score (nSPS) is 14.3. The molecule has 0 radical (unpaired) electrons. The van der Waals surface area contributed by atoms with Crippen LogP contribution in [0.3, 0.4) is 0 Å². The molecule has 25 heavy (non-hydrogen) atoms. The van der Waals surface area contributed by atoms with Crippen LogP contribution >= 0.6 is 0 Å². The molecule has 2 heterocycles. The largest absolute Gasteiger partial charge is 0.496 e. The lowest BCUT2D eigenvalue weighted by Gasteiger charge is -2.35. The summed E-state index contributed by atoms with van der Waals surface area (Å²) >= 11 is 0. The molecule has 2 aromatic rings. The van der Waals surface area contributed by atoms with E-state index < -0.39 is 0 Å². The molecule has 0 N–H and O–H groups in total. The van der Waals surface area contributed by atoms with E-state index in [4.69, 9.17) is 4.74 Å². The minimum absolute atomic E-state index is 0.0253. The fourth-order valence-electron chi connectivity index (χ4n) is 2.95. The number of aromatic nitrogens is 1. The Morgan fingerprint density at radius 1 is 0.960 bits per heavy atom. The molecule has 6 nitrogen and oxygen atoms in total. The summed E-state index contributed by atoms with van der Waals surface area (Å²) < 4.78 is 5.31. The van der Waals surface area contributed by atoms with Crippen LogP contribution in [0.15, 0.2) is 42.7 Å². The summed E-state index contributed by atoms with van der Waals surface area (Å²) in [5, 5.41) is 0. The molecule has 3 rings (SSSR count). The first-order chi connectivity index (χ1) is 12.1. The minimum atomic E-state index is -0.0587. The first kappa shape index (κ1) is 17.0. The van der Waals surface area contributed by atoms with Crippen molar-refractivity contribution in [2.24, 2.45) is 0 Å². The predicted octanol–water partition coefficient (Wildman–Crippen LogP) is 2.00. The van der Waals surface area contributed by atoms with Gasteiger partial charge < -0.3 is 14.5 Å². The number of methoxy groups -OCH3 is 1. The van der Waals surface area contributed by atoms with Crippen molar-refractivity contribution >= 4 is 11.8 Å². The summed E-state index contributed by atoms with van der Waals surface area (Å²) in [5.41, 5.74) is 2.20. The van der Waals surface area contributed by atoms with Gasteiger partial charge >= 0.3 is 0 Å². The number of aryl methyl sites for hydroxylation is 1. The van der Waals surface area contributed by atoms with E-state index in [2.05, 4.69) is 4.98 Å². The second-order valence-electron chi connectivity index (χ2n) is 6.02. The monoisotopic (exact) mass is 339 g/mol. The van der Waals surface area contributed by atoms with Crippen LogP contribution in [0.1, 0.15) is 26.3 Å². The molecule has 0 spiro atoms. The maximum Gasteiger partial charge on any atom is 0.257 e. The Labute approximate surface area is 147 Å². The standard InChI is InChI=1S/C19H21N3O3/c1-14-3-4-17(25-2)16(13-14)19(24)22-11-9-21(10-12-22)18(23)15-5-7-20-8-6-15/h3-8,13H,9-12H2,1-2H3. The van der Waals surface area contributed by atoms with Crippen molar-refractivity contribution in [3.05, 3.63) is 59.4 Å². The van der Waals surface area contributed by atoms with Gasteiger partial charge in [-0.1, -0.05) is 11.6 Å². The number of benzene rings is 1. The number of amides is 2. The van der Waals surface area contributed by atoms with Crippen molar-refractivity contribution in [3.8, 4) is 5.75 Å². The zero-order chi connectivity index (χ0) is 17.8. The quantitative estimate of drug-likeness (QED) is 0.858. The van der Waals surface area contributed by atoms with Crippen LogP contribution in [0.4, 0.5) is 0 Å². The van der Waals surface area contributed by atoms with Crippen molar-refractivity contribution in [2.75, 3.05) is 33.3 Å². The summed E-state index contributed by atoms with van der Waals surface area (Å²) in [6.45, 7) is 3.99. The highest BCUT2D eigenvalue weighted by atomic mass is 16.5. The van der Waals surface area contributed by atoms with E-state index in [1.54, 1.807) is 41.4 Å². The molecule has 130 valence electrons. The lowest BCUT2D eigenvalue weighted by molar-refractivity contribution is 0.0533. The Hall–Kier alpha value is -2.89. The molecule has 0 bridgehead atoms. The summed E-state index contributed by atoms with van der Waals surface area (Å²) in [6.07, 6.45) is 3.22. The molecule has 0 aliphatic carbocycles. The van der Waals surface area contributed by atoms with Crippen molar-refractivity contribution in [2.45, 2.75) is 6.92 Å². The summed E-state index contributed by atoms with van der Waals surface area (Å²) in [6, 6.07) is 8.98. The number of nitrogens with zero attached hydrogens (tertiary/aromatic N) is 3. The van der Waals surface area contributed by atoms with Gasteiger partial charge in [0.25, 0.3) is 11.8 Å². The van der Waals surface area contributed by atoms with Gasteiger partial charge in [0.2, 0.25) is 0 Å². The SMILES string of the molecule is COc1ccc(C)cc1C(=O)N1CCN(C(=O)c2ccncc2)CC1. The lowest BCUT2D eigenvalue weighted by Crippen LogP contribution is -2.50. The van der Waals surface area contributed by atoms with Crippen molar-refractivity contribution in [1.29, 1.82) is 0 Å².